The molecule has 2 aromatic heterocycles. The van der Waals surface area contributed by atoms with Crippen LogP contribution < -0.4 is 0 Å². The minimum atomic E-state index is -0.423. The quantitative estimate of drug-likeness (QED) is 0.941. The van der Waals surface area contributed by atoms with Crippen molar-refractivity contribution >= 4 is 15.9 Å². The average molecular weight is 293 g/mol. The topological polar surface area (TPSA) is 46.0 Å². The van der Waals surface area contributed by atoms with E-state index in [0.717, 1.165) is 15.7 Å². The number of aliphatic hydroxyl groups is 1. The van der Waals surface area contributed by atoms with Crippen LogP contribution in [0.1, 0.15) is 11.3 Å². The summed E-state index contributed by atoms with van der Waals surface area (Å²) < 4.78 is 0.947. The van der Waals surface area contributed by atoms with Crippen molar-refractivity contribution in [2.75, 3.05) is 0 Å². The Hall–Kier alpha value is -1.26. The van der Waals surface area contributed by atoms with Gasteiger partial charge < -0.3 is 5.11 Å². The van der Waals surface area contributed by atoms with Gasteiger partial charge in [0.1, 0.15) is 0 Å². The smallest absolute Gasteiger partial charge is 0.0636 e. The molecular weight excluding hydrogens is 280 g/mol. The molecule has 0 bridgehead atoms. The van der Waals surface area contributed by atoms with Crippen molar-refractivity contribution in [1.29, 1.82) is 0 Å². The van der Waals surface area contributed by atoms with Crippen molar-refractivity contribution in [1.82, 2.24) is 9.97 Å². The highest BCUT2D eigenvalue weighted by Crippen LogP contribution is 2.10. The standard InChI is InChI=1S/C13H13BrN2O/c14-11-3-4-12(16-9-11)7-13(17)6-10-2-1-5-15-8-10/h1-5,8-9,13,17H,6-7H2. The van der Waals surface area contributed by atoms with Gasteiger partial charge in [0, 0.05) is 41.6 Å². The Kier molecular flexibility index (Phi) is 4.23. The van der Waals surface area contributed by atoms with Crippen molar-refractivity contribution in [2.24, 2.45) is 0 Å². The molecular formula is C13H13BrN2O. The van der Waals surface area contributed by atoms with Crippen molar-refractivity contribution < 1.29 is 5.11 Å². The molecule has 17 heavy (non-hydrogen) atoms. The van der Waals surface area contributed by atoms with Crippen molar-refractivity contribution in [2.45, 2.75) is 18.9 Å². The molecule has 1 unspecified atom stereocenters. The van der Waals surface area contributed by atoms with E-state index in [1.165, 1.54) is 0 Å². The first-order valence-corrected chi connectivity index (χ1v) is 6.21. The second-order valence-electron chi connectivity index (χ2n) is 3.89. The molecule has 0 aliphatic carbocycles. The number of rotatable bonds is 4. The third-order valence-corrected chi connectivity index (χ3v) is 2.90. The second-order valence-corrected chi connectivity index (χ2v) is 4.81. The number of pyridine rings is 2. The van der Waals surface area contributed by atoms with Gasteiger partial charge in [0.05, 0.1) is 6.10 Å². The summed E-state index contributed by atoms with van der Waals surface area (Å²) in [5, 5.41) is 9.95. The Morgan fingerprint density at radius 2 is 2.06 bits per heavy atom. The zero-order valence-corrected chi connectivity index (χ0v) is 10.8. The summed E-state index contributed by atoms with van der Waals surface area (Å²) in [6.45, 7) is 0. The van der Waals surface area contributed by atoms with Gasteiger partial charge in [0.15, 0.2) is 0 Å². The Labute approximate surface area is 109 Å². The molecule has 4 heteroatoms. The van der Waals surface area contributed by atoms with E-state index in [4.69, 9.17) is 0 Å². The number of hydrogen-bond acceptors (Lipinski definition) is 3. The first-order chi connectivity index (χ1) is 8.24. The minimum absolute atomic E-state index is 0.423. The van der Waals surface area contributed by atoms with E-state index in [-0.39, 0.29) is 0 Å². The Morgan fingerprint density at radius 3 is 2.71 bits per heavy atom. The van der Waals surface area contributed by atoms with E-state index in [2.05, 4.69) is 25.9 Å². The SMILES string of the molecule is OC(Cc1cccnc1)Cc1ccc(Br)cn1. The van der Waals surface area contributed by atoms with E-state index in [0.29, 0.717) is 12.8 Å². The maximum Gasteiger partial charge on any atom is 0.0636 e. The average Bonchev–Trinajstić information content (AvgIpc) is 2.33. The van der Waals surface area contributed by atoms with Crippen molar-refractivity contribution in [3.63, 3.8) is 0 Å². The molecule has 0 fully saturated rings. The molecule has 0 saturated heterocycles. The highest BCUT2D eigenvalue weighted by atomic mass is 79.9. The molecule has 0 aliphatic heterocycles. The second kappa shape index (κ2) is 5.89. The van der Waals surface area contributed by atoms with Crippen LogP contribution in [0.5, 0.6) is 0 Å². The monoisotopic (exact) mass is 292 g/mol. The zero-order valence-electron chi connectivity index (χ0n) is 9.25. The lowest BCUT2D eigenvalue weighted by Gasteiger charge is -2.09. The van der Waals surface area contributed by atoms with Gasteiger partial charge in [-0.15, -0.1) is 0 Å². The van der Waals surface area contributed by atoms with E-state index >= 15 is 0 Å². The first kappa shape index (κ1) is 12.2. The molecule has 0 amide bonds. The number of halogens is 1. The fourth-order valence-corrected chi connectivity index (χ4v) is 1.87. The van der Waals surface area contributed by atoms with Gasteiger partial charge in [0.2, 0.25) is 0 Å². The summed E-state index contributed by atoms with van der Waals surface area (Å²) in [4.78, 5) is 8.26. The van der Waals surface area contributed by atoms with E-state index in [9.17, 15) is 5.11 Å². The Balaban J connectivity index is 1.93. The lowest BCUT2D eigenvalue weighted by atomic mass is 10.1. The summed E-state index contributed by atoms with van der Waals surface area (Å²) in [6.07, 6.45) is 5.98. The van der Waals surface area contributed by atoms with Crippen LogP contribution in [0.15, 0.2) is 47.3 Å². The lowest BCUT2D eigenvalue weighted by molar-refractivity contribution is 0.174. The minimum Gasteiger partial charge on any atom is -0.392 e. The summed E-state index contributed by atoms with van der Waals surface area (Å²) >= 11 is 3.33. The van der Waals surface area contributed by atoms with Crippen LogP contribution in [0.2, 0.25) is 0 Å². The molecule has 0 spiro atoms. The van der Waals surface area contributed by atoms with Gasteiger partial charge in [-0.2, -0.15) is 0 Å². The summed E-state index contributed by atoms with van der Waals surface area (Å²) in [5.41, 5.74) is 1.93. The predicted molar refractivity (Wildman–Crippen MR) is 69.6 cm³/mol. The Morgan fingerprint density at radius 1 is 1.18 bits per heavy atom. The van der Waals surface area contributed by atoms with Gasteiger partial charge in [-0.1, -0.05) is 6.07 Å². The van der Waals surface area contributed by atoms with E-state index in [1.54, 1.807) is 18.6 Å². The fraction of sp³-hybridized carbons (Fsp3) is 0.231. The molecule has 3 nitrogen and oxygen atoms in total. The van der Waals surface area contributed by atoms with Gasteiger partial charge in [-0.25, -0.2) is 0 Å². The molecule has 1 N–H and O–H groups in total. The van der Waals surface area contributed by atoms with Gasteiger partial charge in [0.25, 0.3) is 0 Å². The molecule has 2 rings (SSSR count). The zero-order chi connectivity index (χ0) is 12.1. The van der Waals surface area contributed by atoms with Gasteiger partial charge in [-0.3, -0.25) is 9.97 Å². The van der Waals surface area contributed by atoms with Crippen LogP contribution >= 0.6 is 15.9 Å². The largest absolute Gasteiger partial charge is 0.392 e. The molecule has 88 valence electrons. The third kappa shape index (κ3) is 3.91. The van der Waals surface area contributed by atoms with Gasteiger partial charge >= 0.3 is 0 Å². The number of hydrogen-bond donors (Lipinski definition) is 1. The van der Waals surface area contributed by atoms with E-state index < -0.39 is 6.10 Å². The Bertz CT molecular complexity index is 459. The van der Waals surface area contributed by atoms with Crippen LogP contribution in [0.25, 0.3) is 0 Å². The highest BCUT2D eigenvalue weighted by Gasteiger charge is 2.07. The number of aromatic nitrogens is 2. The lowest BCUT2D eigenvalue weighted by Crippen LogP contribution is -2.14. The first-order valence-electron chi connectivity index (χ1n) is 5.41. The van der Waals surface area contributed by atoms with Crippen LogP contribution in [-0.4, -0.2) is 21.2 Å². The summed E-state index contributed by atoms with van der Waals surface area (Å²) in [7, 11) is 0. The van der Waals surface area contributed by atoms with Crippen molar-refractivity contribution in [3.05, 3.63) is 58.6 Å². The van der Waals surface area contributed by atoms with Gasteiger partial charge in [-0.05, 0) is 39.7 Å². The molecule has 0 radical (unpaired) electrons. The normalized spacial score (nSPS) is 12.4. The summed E-state index contributed by atoms with van der Waals surface area (Å²) in [5.74, 6) is 0. The summed E-state index contributed by atoms with van der Waals surface area (Å²) in [6, 6.07) is 7.68. The number of nitrogens with zero attached hydrogens (tertiary/aromatic N) is 2. The van der Waals surface area contributed by atoms with Crippen LogP contribution in [0.4, 0.5) is 0 Å². The third-order valence-electron chi connectivity index (χ3n) is 2.43. The molecule has 0 aromatic carbocycles. The predicted octanol–water partition coefficient (Wildman–Crippen LogP) is 2.39. The molecule has 0 aliphatic rings. The highest BCUT2D eigenvalue weighted by molar-refractivity contribution is 9.10. The molecule has 1 atom stereocenters. The maximum absolute atomic E-state index is 9.95. The van der Waals surface area contributed by atoms with Crippen molar-refractivity contribution in [3.8, 4) is 0 Å². The van der Waals surface area contributed by atoms with Crippen LogP contribution in [0, 0.1) is 0 Å². The maximum atomic E-state index is 9.95. The molecule has 0 saturated carbocycles. The van der Waals surface area contributed by atoms with Crippen LogP contribution in [-0.2, 0) is 12.8 Å². The molecule has 2 heterocycles. The van der Waals surface area contributed by atoms with Crippen LogP contribution in [0.3, 0.4) is 0 Å². The molecule has 2 aromatic rings. The fourth-order valence-electron chi connectivity index (χ4n) is 1.63. The van der Waals surface area contributed by atoms with E-state index in [1.807, 2.05) is 24.3 Å². The number of aliphatic hydroxyl groups excluding tert-OH is 1.